The lowest BCUT2D eigenvalue weighted by Gasteiger charge is -2.30. The molecule has 0 aliphatic carbocycles. The largest absolute Gasteiger partial charge is 0.450 e. The second kappa shape index (κ2) is 9.17. The van der Waals surface area contributed by atoms with Gasteiger partial charge in [-0.05, 0) is 19.4 Å². The van der Waals surface area contributed by atoms with Gasteiger partial charge in [-0.15, -0.1) is 0 Å². The number of amides is 1. The molecule has 1 aromatic carbocycles. The van der Waals surface area contributed by atoms with Gasteiger partial charge in [-0.25, -0.2) is 4.79 Å². The van der Waals surface area contributed by atoms with Crippen molar-refractivity contribution >= 4 is 12.4 Å². The minimum absolute atomic E-state index is 0.0864. The summed E-state index contributed by atoms with van der Waals surface area (Å²) in [6.45, 7) is 3.97. The van der Waals surface area contributed by atoms with Gasteiger partial charge in [-0.3, -0.25) is 4.90 Å². The molecule has 1 amide bonds. The first kappa shape index (κ1) is 18.1. The maximum atomic E-state index is 12.2. The molecular formula is C16H23NO5. The first-order valence-electron chi connectivity index (χ1n) is 7.08. The molecule has 0 fully saturated rings. The normalized spacial score (nSPS) is 12.0. The number of hydrogen-bond donors (Lipinski definition) is 0. The number of nitrogens with zero attached hydrogens (tertiary/aromatic N) is 1. The summed E-state index contributed by atoms with van der Waals surface area (Å²) in [5.74, 6) is 0. The molecule has 0 aromatic heterocycles. The van der Waals surface area contributed by atoms with E-state index in [0.29, 0.717) is 11.8 Å². The van der Waals surface area contributed by atoms with Crippen molar-refractivity contribution in [2.24, 2.45) is 0 Å². The molecule has 1 rings (SSSR count). The third kappa shape index (κ3) is 4.82. The summed E-state index contributed by atoms with van der Waals surface area (Å²) in [5.41, 5.74) is 1.78. The molecule has 6 heteroatoms. The maximum absolute atomic E-state index is 12.2. The predicted octanol–water partition coefficient (Wildman–Crippen LogP) is 2.31. The van der Waals surface area contributed by atoms with Gasteiger partial charge in [0.15, 0.2) is 6.29 Å². The summed E-state index contributed by atoms with van der Waals surface area (Å²) in [5, 5.41) is 0. The number of ether oxygens (including phenoxy) is 3. The molecule has 0 radical (unpaired) electrons. The first-order chi connectivity index (χ1) is 10.6. The Hall–Kier alpha value is -1.92. The standard InChI is InChI=1S/C16H23NO5/c1-5-22-16(19)17(10-15(20-3)21-4)14(11-18)13-8-6-12(2)7-9-13/h6-9,11,14-15H,5,10H2,1-4H3. The number of carbonyl (C=O) groups is 2. The zero-order valence-corrected chi connectivity index (χ0v) is 13.4. The first-order valence-corrected chi connectivity index (χ1v) is 7.08. The Morgan fingerprint density at radius 1 is 1.23 bits per heavy atom. The number of aldehydes is 1. The molecule has 0 aliphatic heterocycles. The summed E-state index contributed by atoms with van der Waals surface area (Å²) < 4.78 is 15.3. The van der Waals surface area contributed by atoms with Crippen molar-refractivity contribution in [3.63, 3.8) is 0 Å². The van der Waals surface area contributed by atoms with Crippen molar-refractivity contribution in [3.05, 3.63) is 35.4 Å². The molecule has 0 N–H and O–H groups in total. The van der Waals surface area contributed by atoms with Crippen LogP contribution in [-0.4, -0.2) is 50.9 Å². The van der Waals surface area contributed by atoms with Crippen LogP contribution in [0.2, 0.25) is 0 Å². The molecule has 122 valence electrons. The van der Waals surface area contributed by atoms with Crippen LogP contribution in [0.3, 0.4) is 0 Å². The van der Waals surface area contributed by atoms with Crippen molar-refractivity contribution < 1.29 is 23.8 Å². The summed E-state index contributed by atoms with van der Waals surface area (Å²) in [6.07, 6.45) is -0.513. The number of rotatable bonds is 8. The maximum Gasteiger partial charge on any atom is 0.410 e. The zero-order valence-electron chi connectivity index (χ0n) is 13.4. The Bertz CT molecular complexity index is 470. The highest BCUT2D eigenvalue weighted by Crippen LogP contribution is 2.21. The van der Waals surface area contributed by atoms with Gasteiger partial charge >= 0.3 is 6.09 Å². The highest BCUT2D eigenvalue weighted by Gasteiger charge is 2.28. The van der Waals surface area contributed by atoms with Gasteiger partial charge in [0.05, 0.1) is 13.2 Å². The molecule has 0 saturated heterocycles. The van der Waals surface area contributed by atoms with E-state index in [2.05, 4.69) is 0 Å². The SMILES string of the molecule is CCOC(=O)N(CC(OC)OC)C(C=O)c1ccc(C)cc1. The van der Waals surface area contributed by atoms with E-state index < -0.39 is 18.4 Å². The molecule has 0 saturated carbocycles. The lowest BCUT2D eigenvalue weighted by molar-refractivity contribution is -0.125. The highest BCUT2D eigenvalue weighted by atomic mass is 16.7. The third-order valence-electron chi connectivity index (χ3n) is 3.26. The lowest BCUT2D eigenvalue weighted by Crippen LogP contribution is -2.42. The Morgan fingerprint density at radius 2 is 1.82 bits per heavy atom. The minimum atomic E-state index is -0.757. The van der Waals surface area contributed by atoms with Crippen LogP contribution in [0.5, 0.6) is 0 Å². The van der Waals surface area contributed by atoms with E-state index in [1.54, 1.807) is 6.92 Å². The smallest absolute Gasteiger partial charge is 0.410 e. The van der Waals surface area contributed by atoms with Crippen molar-refractivity contribution in [2.75, 3.05) is 27.4 Å². The fraction of sp³-hybridized carbons (Fsp3) is 0.500. The number of carbonyl (C=O) groups excluding carboxylic acids is 2. The molecule has 1 unspecified atom stereocenters. The van der Waals surface area contributed by atoms with E-state index in [9.17, 15) is 9.59 Å². The fourth-order valence-electron chi connectivity index (χ4n) is 2.01. The highest BCUT2D eigenvalue weighted by molar-refractivity contribution is 5.74. The van der Waals surface area contributed by atoms with E-state index in [4.69, 9.17) is 14.2 Å². The van der Waals surface area contributed by atoms with Crippen LogP contribution in [0.4, 0.5) is 4.79 Å². The second-order valence-electron chi connectivity index (χ2n) is 4.74. The summed E-state index contributed by atoms with van der Waals surface area (Å²) >= 11 is 0. The van der Waals surface area contributed by atoms with Crippen molar-refractivity contribution in [1.82, 2.24) is 4.90 Å². The Labute approximate surface area is 131 Å². The molecule has 1 aromatic rings. The fourth-order valence-corrected chi connectivity index (χ4v) is 2.01. The molecule has 1 atom stereocenters. The summed E-state index contributed by atoms with van der Waals surface area (Å²) in [6, 6.07) is 6.65. The molecule has 0 aliphatic rings. The van der Waals surface area contributed by atoms with Gasteiger partial charge in [-0.2, -0.15) is 0 Å². The molecule has 6 nitrogen and oxygen atoms in total. The minimum Gasteiger partial charge on any atom is -0.450 e. The van der Waals surface area contributed by atoms with Crippen LogP contribution in [0.25, 0.3) is 0 Å². The van der Waals surface area contributed by atoms with Gasteiger partial charge in [0.25, 0.3) is 0 Å². The van der Waals surface area contributed by atoms with Gasteiger partial charge in [-0.1, -0.05) is 29.8 Å². The second-order valence-corrected chi connectivity index (χ2v) is 4.74. The van der Waals surface area contributed by atoms with Gasteiger partial charge in [0, 0.05) is 14.2 Å². The molecule has 0 spiro atoms. The molecule has 0 heterocycles. The molecule has 22 heavy (non-hydrogen) atoms. The Kier molecular flexibility index (Phi) is 7.56. The summed E-state index contributed by atoms with van der Waals surface area (Å²) in [7, 11) is 2.94. The average Bonchev–Trinajstić information content (AvgIpc) is 2.53. The van der Waals surface area contributed by atoms with E-state index in [0.717, 1.165) is 5.56 Å². The van der Waals surface area contributed by atoms with Crippen LogP contribution in [0, 0.1) is 6.92 Å². The monoisotopic (exact) mass is 309 g/mol. The topological polar surface area (TPSA) is 65.1 Å². The Balaban J connectivity index is 3.06. The number of methoxy groups -OCH3 is 2. The quantitative estimate of drug-likeness (QED) is 0.544. The lowest BCUT2D eigenvalue weighted by atomic mass is 10.1. The third-order valence-corrected chi connectivity index (χ3v) is 3.26. The van der Waals surface area contributed by atoms with Crippen molar-refractivity contribution in [2.45, 2.75) is 26.2 Å². The zero-order chi connectivity index (χ0) is 16.5. The van der Waals surface area contributed by atoms with E-state index in [-0.39, 0.29) is 13.2 Å². The van der Waals surface area contributed by atoms with Crippen LogP contribution in [0.1, 0.15) is 24.1 Å². The number of benzene rings is 1. The summed E-state index contributed by atoms with van der Waals surface area (Å²) in [4.78, 5) is 25.1. The van der Waals surface area contributed by atoms with Crippen LogP contribution in [0.15, 0.2) is 24.3 Å². The number of aryl methyl sites for hydroxylation is 1. The van der Waals surface area contributed by atoms with Crippen LogP contribution < -0.4 is 0 Å². The Morgan fingerprint density at radius 3 is 2.27 bits per heavy atom. The molecular weight excluding hydrogens is 286 g/mol. The van der Waals surface area contributed by atoms with Gasteiger partial charge in [0.1, 0.15) is 12.3 Å². The van der Waals surface area contributed by atoms with Gasteiger partial charge in [0.2, 0.25) is 0 Å². The molecule has 0 bridgehead atoms. The van der Waals surface area contributed by atoms with Crippen LogP contribution >= 0.6 is 0 Å². The van der Waals surface area contributed by atoms with Gasteiger partial charge < -0.3 is 19.0 Å². The number of hydrogen-bond acceptors (Lipinski definition) is 5. The predicted molar refractivity (Wildman–Crippen MR) is 81.5 cm³/mol. The van der Waals surface area contributed by atoms with Crippen molar-refractivity contribution in [3.8, 4) is 0 Å². The average molecular weight is 309 g/mol. The van der Waals surface area contributed by atoms with E-state index in [1.165, 1.54) is 19.1 Å². The van der Waals surface area contributed by atoms with Crippen molar-refractivity contribution in [1.29, 1.82) is 0 Å². The van der Waals surface area contributed by atoms with E-state index in [1.807, 2.05) is 31.2 Å². The van der Waals surface area contributed by atoms with Crippen LogP contribution in [-0.2, 0) is 19.0 Å². The van der Waals surface area contributed by atoms with E-state index >= 15 is 0 Å².